The first-order chi connectivity index (χ1) is 7.15. The minimum absolute atomic E-state index is 0.0919. The zero-order valence-corrected chi connectivity index (χ0v) is 9.46. The molecule has 3 nitrogen and oxygen atoms in total. The van der Waals surface area contributed by atoms with Gasteiger partial charge in [-0.25, -0.2) is 0 Å². The summed E-state index contributed by atoms with van der Waals surface area (Å²) in [6.45, 7) is 4.94. The van der Waals surface area contributed by atoms with Gasteiger partial charge in [-0.05, 0) is 44.7 Å². The van der Waals surface area contributed by atoms with E-state index in [0.717, 1.165) is 23.4 Å². The van der Waals surface area contributed by atoms with E-state index in [2.05, 4.69) is 5.32 Å². The molecular weight excluding hydrogens is 190 g/mol. The lowest BCUT2D eigenvalue weighted by atomic mass is 10.1. The first-order valence-electron chi connectivity index (χ1n) is 5.04. The van der Waals surface area contributed by atoms with Crippen molar-refractivity contribution < 1.29 is 9.53 Å². The second kappa shape index (κ2) is 5.51. The molecule has 0 aliphatic rings. The van der Waals surface area contributed by atoms with Crippen molar-refractivity contribution in [3.8, 4) is 5.75 Å². The van der Waals surface area contributed by atoms with E-state index in [0.29, 0.717) is 6.61 Å². The molecule has 0 unspecified atom stereocenters. The molecule has 0 spiro atoms. The SMILES string of the molecule is CNCCOc1ccc(C(C)=O)c(C)c1. The molecule has 0 aliphatic carbocycles. The standard InChI is InChI=1S/C12H17NO2/c1-9-8-11(15-7-6-13-3)4-5-12(9)10(2)14/h4-5,8,13H,6-7H2,1-3H3. The zero-order chi connectivity index (χ0) is 11.3. The highest BCUT2D eigenvalue weighted by atomic mass is 16.5. The highest BCUT2D eigenvalue weighted by Crippen LogP contribution is 2.17. The van der Waals surface area contributed by atoms with Crippen LogP contribution in [0.1, 0.15) is 22.8 Å². The van der Waals surface area contributed by atoms with Gasteiger partial charge in [0.15, 0.2) is 5.78 Å². The van der Waals surface area contributed by atoms with Crippen LogP contribution in [-0.4, -0.2) is 26.0 Å². The third-order valence-corrected chi connectivity index (χ3v) is 2.20. The number of aryl methyl sites for hydroxylation is 1. The minimum atomic E-state index is 0.0919. The van der Waals surface area contributed by atoms with Crippen LogP contribution in [0.2, 0.25) is 0 Å². The van der Waals surface area contributed by atoms with E-state index in [-0.39, 0.29) is 5.78 Å². The number of hydrogen-bond acceptors (Lipinski definition) is 3. The summed E-state index contributed by atoms with van der Waals surface area (Å²) in [7, 11) is 1.88. The smallest absolute Gasteiger partial charge is 0.160 e. The molecule has 15 heavy (non-hydrogen) atoms. The zero-order valence-electron chi connectivity index (χ0n) is 9.46. The number of hydrogen-bond donors (Lipinski definition) is 1. The summed E-state index contributed by atoms with van der Waals surface area (Å²) in [5.41, 5.74) is 1.72. The molecule has 82 valence electrons. The number of rotatable bonds is 5. The van der Waals surface area contributed by atoms with E-state index >= 15 is 0 Å². The van der Waals surface area contributed by atoms with Crippen molar-refractivity contribution in [3.05, 3.63) is 29.3 Å². The molecule has 1 aromatic carbocycles. The molecule has 1 rings (SSSR count). The van der Waals surface area contributed by atoms with Gasteiger partial charge in [0.2, 0.25) is 0 Å². The Bertz CT molecular complexity index is 347. The molecule has 0 amide bonds. The first-order valence-corrected chi connectivity index (χ1v) is 5.04. The first kappa shape index (κ1) is 11.7. The fourth-order valence-electron chi connectivity index (χ4n) is 1.39. The van der Waals surface area contributed by atoms with Crippen LogP contribution in [0.25, 0.3) is 0 Å². The van der Waals surface area contributed by atoms with Crippen LogP contribution < -0.4 is 10.1 Å². The molecule has 0 fully saturated rings. The lowest BCUT2D eigenvalue weighted by molar-refractivity contribution is 0.101. The summed E-state index contributed by atoms with van der Waals surface area (Å²) >= 11 is 0. The van der Waals surface area contributed by atoms with E-state index in [1.54, 1.807) is 6.92 Å². The second-order valence-electron chi connectivity index (χ2n) is 3.48. The third-order valence-electron chi connectivity index (χ3n) is 2.20. The van der Waals surface area contributed by atoms with Crippen molar-refractivity contribution in [3.63, 3.8) is 0 Å². The van der Waals surface area contributed by atoms with Crippen LogP contribution in [0.15, 0.2) is 18.2 Å². The maximum absolute atomic E-state index is 11.2. The highest BCUT2D eigenvalue weighted by Gasteiger charge is 2.04. The number of Topliss-reactive ketones (excluding diaryl/α,β-unsaturated/α-hetero) is 1. The quantitative estimate of drug-likeness (QED) is 0.591. The number of carbonyl (C=O) groups excluding carboxylic acids is 1. The Kier molecular flexibility index (Phi) is 4.31. The van der Waals surface area contributed by atoms with Crippen molar-refractivity contribution in [2.75, 3.05) is 20.2 Å². The summed E-state index contributed by atoms with van der Waals surface area (Å²) in [4.78, 5) is 11.2. The minimum Gasteiger partial charge on any atom is -0.492 e. The molecule has 0 bridgehead atoms. The van der Waals surface area contributed by atoms with Crippen molar-refractivity contribution in [2.45, 2.75) is 13.8 Å². The molecule has 0 atom stereocenters. The van der Waals surface area contributed by atoms with Crippen LogP contribution in [0, 0.1) is 6.92 Å². The van der Waals surface area contributed by atoms with Gasteiger partial charge in [0.25, 0.3) is 0 Å². The summed E-state index contributed by atoms with van der Waals surface area (Å²) < 4.78 is 5.49. The van der Waals surface area contributed by atoms with Crippen molar-refractivity contribution in [1.29, 1.82) is 0 Å². The van der Waals surface area contributed by atoms with Crippen molar-refractivity contribution in [2.24, 2.45) is 0 Å². The fourth-order valence-corrected chi connectivity index (χ4v) is 1.39. The van der Waals surface area contributed by atoms with E-state index in [1.807, 2.05) is 32.2 Å². The molecule has 0 saturated carbocycles. The number of ketones is 1. The van der Waals surface area contributed by atoms with Crippen molar-refractivity contribution >= 4 is 5.78 Å². The summed E-state index contributed by atoms with van der Waals surface area (Å²) in [6, 6.07) is 5.54. The van der Waals surface area contributed by atoms with Gasteiger partial charge in [0.1, 0.15) is 12.4 Å². The number of benzene rings is 1. The normalized spacial score (nSPS) is 10.1. The molecule has 0 aromatic heterocycles. The molecule has 0 heterocycles. The molecule has 3 heteroatoms. The van der Waals surface area contributed by atoms with E-state index in [9.17, 15) is 4.79 Å². The molecule has 0 radical (unpaired) electrons. The van der Waals surface area contributed by atoms with E-state index in [1.165, 1.54) is 0 Å². The van der Waals surface area contributed by atoms with Gasteiger partial charge in [0, 0.05) is 12.1 Å². The van der Waals surface area contributed by atoms with Gasteiger partial charge in [0.05, 0.1) is 0 Å². The Morgan fingerprint density at radius 1 is 1.47 bits per heavy atom. The maximum atomic E-state index is 11.2. The summed E-state index contributed by atoms with van der Waals surface area (Å²) in [5.74, 6) is 0.905. The predicted molar refractivity (Wildman–Crippen MR) is 60.6 cm³/mol. The van der Waals surface area contributed by atoms with Crippen LogP contribution >= 0.6 is 0 Å². The fraction of sp³-hybridized carbons (Fsp3) is 0.417. The molecule has 1 N–H and O–H groups in total. The molecule has 0 aliphatic heterocycles. The van der Waals surface area contributed by atoms with Crippen LogP contribution in [0.3, 0.4) is 0 Å². The number of nitrogens with one attached hydrogen (secondary N) is 1. The monoisotopic (exact) mass is 207 g/mol. The van der Waals surface area contributed by atoms with Gasteiger partial charge in [-0.15, -0.1) is 0 Å². The Morgan fingerprint density at radius 3 is 2.73 bits per heavy atom. The Labute approximate surface area is 90.4 Å². The van der Waals surface area contributed by atoms with Crippen LogP contribution in [0.5, 0.6) is 5.75 Å². The highest BCUT2D eigenvalue weighted by molar-refractivity contribution is 5.95. The Balaban J connectivity index is 2.69. The summed E-state index contributed by atoms with van der Waals surface area (Å²) in [5, 5.41) is 3.00. The van der Waals surface area contributed by atoms with Gasteiger partial charge in [-0.3, -0.25) is 4.79 Å². The van der Waals surface area contributed by atoms with Crippen molar-refractivity contribution in [1.82, 2.24) is 5.32 Å². The van der Waals surface area contributed by atoms with Crippen LogP contribution in [-0.2, 0) is 0 Å². The van der Waals surface area contributed by atoms with Gasteiger partial charge in [-0.2, -0.15) is 0 Å². The van der Waals surface area contributed by atoms with Crippen LogP contribution in [0.4, 0.5) is 0 Å². The number of ether oxygens (including phenoxy) is 1. The largest absolute Gasteiger partial charge is 0.492 e. The lowest BCUT2D eigenvalue weighted by Gasteiger charge is -2.08. The average molecular weight is 207 g/mol. The summed E-state index contributed by atoms with van der Waals surface area (Å²) in [6.07, 6.45) is 0. The van der Waals surface area contributed by atoms with E-state index in [4.69, 9.17) is 4.74 Å². The second-order valence-corrected chi connectivity index (χ2v) is 3.48. The predicted octanol–water partition coefficient (Wildman–Crippen LogP) is 1.80. The Morgan fingerprint density at radius 2 is 2.20 bits per heavy atom. The van der Waals surface area contributed by atoms with E-state index < -0.39 is 0 Å². The number of likely N-dealkylation sites (N-methyl/N-ethyl adjacent to an activating group) is 1. The van der Waals surface area contributed by atoms with Gasteiger partial charge in [-0.1, -0.05) is 0 Å². The molecule has 1 aromatic rings. The third kappa shape index (κ3) is 3.36. The Hall–Kier alpha value is -1.35. The van der Waals surface area contributed by atoms with Gasteiger partial charge < -0.3 is 10.1 Å². The molecular formula is C12H17NO2. The van der Waals surface area contributed by atoms with Gasteiger partial charge >= 0.3 is 0 Å². The lowest BCUT2D eigenvalue weighted by Crippen LogP contribution is -2.16. The number of carbonyl (C=O) groups is 1. The maximum Gasteiger partial charge on any atom is 0.160 e. The average Bonchev–Trinajstić information content (AvgIpc) is 2.17. The topological polar surface area (TPSA) is 38.3 Å². The molecule has 0 saturated heterocycles.